The first-order valence-corrected chi connectivity index (χ1v) is 7.54. The third-order valence-corrected chi connectivity index (χ3v) is 4.33. The van der Waals surface area contributed by atoms with Gasteiger partial charge in [-0.05, 0) is 35.4 Å². The van der Waals surface area contributed by atoms with Crippen LogP contribution in [0.1, 0.15) is 12.8 Å². The number of rotatable bonds is 2. The van der Waals surface area contributed by atoms with Gasteiger partial charge in [0.25, 0.3) is 0 Å². The highest BCUT2D eigenvalue weighted by Crippen LogP contribution is 2.23. The van der Waals surface area contributed by atoms with E-state index in [1.807, 2.05) is 6.20 Å². The molecule has 4 N–H and O–H groups in total. The van der Waals surface area contributed by atoms with Crippen molar-refractivity contribution >= 4 is 11.8 Å². The van der Waals surface area contributed by atoms with Gasteiger partial charge >= 0.3 is 0 Å². The SMILES string of the molecule is C1=CSC=C(C2CCC(C3CNCCN3)=CN2)N1. The molecular weight excluding hydrogens is 244 g/mol. The van der Waals surface area contributed by atoms with Crippen LogP contribution in [0.4, 0.5) is 0 Å². The lowest BCUT2D eigenvalue weighted by molar-refractivity contribution is 0.429. The fourth-order valence-electron chi connectivity index (χ4n) is 2.61. The van der Waals surface area contributed by atoms with Crippen LogP contribution in [0, 0.1) is 0 Å². The molecule has 5 heteroatoms. The van der Waals surface area contributed by atoms with E-state index in [-0.39, 0.29) is 0 Å². The predicted octanol–water partition coefficient (Wildman–Crippen LogP) is 0.833. The number of nitrogens with one attached hydrogen (secondary N) is 4. The molecule has 3 aliphatic rings. The molecule has 2 atom stereocenters. The molecule has 2 unspecified atom stereocenters. The molecule has 0 bridgehead atoms. The van der Waals surface area contributed by atoms with E-state index in [4.69, 9.17) is 0 Å². The maximum absolute atomic E-state index is 3.57. The monoisotopic (exact) mass is 264 g/mol. The Morgan fingerprint density at radius 1 is 1.22 bits per heavy atom. The molecule has 0 amide bonds. The van der Waals surface area contributed by atoms with Gasteiger partial charge in [0.15, 0.2) is 0 Å². The van der Waals surface area contributed by atoms with Crippen molar-refractivity contribution in [3.05, 3.63) is 34.5 Å². The van der Waals surface area contributed by atoms with Crippen LogP contribution in [0.2, 0.25) is 0 Å². The average Bonchev–Trinajstić information content (AvgIpc) is 2.49. The highest BCUT2D eigenvalue weighted by molar-refractivity contribution is 8.04. The maximum atomic E-state index is 3.57. The van der Waals surface area contributed by atoms with E-state index in [1.54, 1.807) is 11.8 Å². The van der Waals surface area contributed by atoms with Gasteiger partial charge in [-0.25, -0.2) is 0 Å². The Labute approximate surface area is 112 Å². The normalized spacial score (nSPS) is 32.0. The van der Waals surface area contributed by atoms with Crippen molar-refractivity contribution in [3.8, 4) is 0 Å². The van der Waals surface area contributed by atoms with Crippen LogP contribution < -0.4 is 21.3 Å². The average molecular weight is 264 g/mol. The zero-order valence-electron chi connectivity index (χ0n) is 10.4. The summed E-state index contributed by atoms with van der Waals surface area (Å²) in [5.74, 6) is 0. The minimum atomic E-state index is 0.433. The maximum Gasteiger partial charge on any atom is 0.0666 e. The van der Waals surface area contributed by atoms with Crippen LogP contribution in [0.5, 0.6) is 0 Å². The van der Waals surface area contributed by atoms with Crippen LogP contribution in [0.25, 0.3) is 0 Å². The van der Waals surface area contributed by atoms with Crippen LogP contribution in [0.3, 0.4) is 0 Å². The largest absolute Gasteiger partial charge is 0.383 e. The van der Waals surface area contributed by atoms with Crippen molar-refractivity contribution < 1.29 is 0 Å². The minimum Gasteiger partial charge on any atom is -0.383 e. The predicted molar refractivity (Wildman–Crippen MR) is 76.9 cm³/mol. The number of thioether (sulfide) groups is 1. The molecule has 0 radical (unpaired) electrons. The Bertz CT molecular complexity index is 382. The lowest BCUT2D eigenvalue weighted by Crippen LogP contribution is -2.50. The number of piperazine rings is 1. The lowest BCUT2D eigenvalue weighted by atomic mass is 9.94. The minimum absolute atomic E-state index is 0.433. The molecule has 1 saturated heterocycles. The molecule has 1 fully saturated rings. The zero-order valence-corrected chi connectivity index (χ0v) is 11.2. The summed E-state index contributed by atoms with van der Waals surface area (Å²) in [7, 11) is 0. The molecule has 0 saturated carbocycles. The van der Waals surface area contributed by atoms with Gasteiger partial charge in [-0.2, -0.15) is 0 Å². The van der Waals surface area contributed by atoms with E-state index in [0.717, 1.165) is 26.1 Å². The Morgan fingerprint density at radius 2 is 2.22 bits per heavy atom. The van der Waals surface area contributed by atoms with E-state index < -0.39 is 0 Å². The Kier molecular flexibility index (Phi) is 3.93. The van der Waals surface area contributed by atoms with Gasteiger partial charge in [0.2, 0.25) is 0 Å². The quantitative estimate of drug-likeness (QED) is 0.595. The van der Waals surface area contributed by atoms with Crippen molar-refractivity contribution in [2.75, 3.05) is 19.6 Å². The first-order valence-electron chi connectivity index (χ1n) is 6.59. The first-order chi connectivity index (χ1) is 8.93. The van der Waals surface area contributed by atoms with Gasteiger partial charge in [-0.15, -0.1) is 11.8 Å². The Hall–Kier alpha value is -0.910. The summed E-state index contributed by atoms with van der Waals surface area (Å²) >= 11 is 1.74. The van der Waals surface area contributed by atoms with E-state index in [9.17, 15) is 0 Å². The Morgan fingerprint density at radius 3 is 2.89 bits per heavy atom. The summed E-state index contributed by atoms with van der Waals surface area (Å²) in [6, 6.07) is 0.942. The van der Waals surface area contributed by atoms with Crippen molar-refractivity contribution in [2.24, 2.45) is 0 Å². The van der Waals surface area contributed by atoms with Gasteiger partial charge in [0.05, 0.1) is 6.04 Å². The molecule has 0 spiro atoms. The molecule has 18 heavy (non-hydrogen) atoms. The van der Waals surface area contributed by atoms with E-state index in [1.165, 1.54) is 17.7 Å². The van der Waals surface area contributed by atoms with E-state index in [0.29, 0.717) is 12.1 Å². The summed E-state index contributed by atoms with van der Waals surface area (Å²) in [4.78, 5) is 0. The molecule has 3 aliphatic heterocycles. The molecule has 3 rings (SSSR count). The van der Waals surface area contributed by atoms with Crippen molar-refractivity contribution in [2.45, 2.75) is 24.9 Å². The molecule has 4 nitrogen and oxygen atoms in total. The molecule has 0 aliphatic carbocycles. The van der Waals surface area contributed by atoms with Crippen LogP contribution >= 0.6 is 11.8 Å². The summed E-state index contributed by atoms with van der Waals surface area (Å²) < 4.78 is 0. The molecule has 3 heterocycles. The van der Waals surface area contributed by atoms with Crippen LogP contribution in [-0.4, -0.2) is 31.7 Å². The third-order valence-electron chi connectivity index (χ3n) is 3.65. The van der Waals surface area contributed by atoms with E-state index in [2.05, 4.69) is 38.3 Å². The van der Waals surface area contributed by atoms with Crippen molar-refractivity contribution in [1.29, 1.82) is 0 Å². The van der Waals surface area contributed by atoms with Crippen molar-refractivity contribution in [3.63, 3.8) is 0 Å². The topological polar surface area (TPSA) is 48.1 Å². The first kappa shape index (κ1) is 12.1. The molecule has 98 valence electrons. The molecular formula is C13H20N4S. The second-order valence-corrected chi connectivity index (χ2v) is 5.62. The van der Waals surface area contributed by atoms with Crippen molar-refractivity contribution in [1.82, 2.24) is 21.3 Å². The van der Waals surface area contributed by atoms with E-state index >= 15 is 0 Å². The molecule has 0 aromatic heterocycles. The summed E-state index contributed by atoms with van der Waals surface area (Å²) in [6.07, 6.45) is 6.56. The second-order valence-electron chi connectivity index (χ2n) is 4.84. The zero-order chi connectivity index (χ0) is 12.2. The van der Waals surface area contributed by atoms with Crippen LogP contribution in [0.15, 0.2) is 34.5 Å². The van der Waals surface area contributed by atoms with Gasteiger partial charge in [0, 0.05) is 37.6 Å². The summed E-state index contributed by atoms with van der Waals surface area (Å²) in [5, 5.41) is 18.1. The van der Waals surface area contributed by atoms with Gasteiger partial charge < -0.3 is 21.3 Å². The number of hydrogen-bond donors (Lipinski definition) is 4. The second kappa shape index (κ2) is 5.82. The standard InChI is InChI=1S/C13H20N4S/c1-2-11(13-9-18-6-5-16-13)17-7-10(1)12-8-14-3-4-15-12/h5-7,9,11-12,14-17H,1-4,8H2. The summed E-state index contributed by atoms with van der Waals surface area (Å²) in [6.45, 7) is 3.21. The summed E-state index contributed by atoms with van der Waals surface area (Å²) in [5.41, 5.74) is 2.78. The highest BCUT2D eigenvalue weighted by atomic mass is 32.2. The van der Waals surface area contributed by atoms with Gasteiger partial charge in [-0.1, -0.05) is 0 Å². The number of hydrogen-bond acceptors (Lipinski definition) is 5. The smallest absolute Gasteiger partial charge is 0.0666 e. The van der Waals surface area contributed by atoms with Crippen LogP contribution in [-0.2, 0) is 0 Å². The molecule has 0 aromatic rings. The van der Waals surface area contributed by atoms with Gasteiger partial charge in [-0.3, -0.25) is 0 Å². The molecule has 0 aromatic carbocycles. The highest BCUT2D eigenvalue weighted by Gasteiger charge is 2.23. The fourth-order valence-corrected chi connectivity index (χ4v) is 3.21. The fraction of sp³-hybridized carbons (Fsp3) is 0.538. The third kappa shape index (κ3) is 2.74. The lowest BCUT2D eigenvalue weighted by Gasteiger charge is -2.32. The van der Waals surface area contributed by atoms with Gasteiger partial charge in [0.1, 0.15) is 0 Å². The Balaban J connectivity index is 1.58.